The van der Waals surface area contributed by atoms with Gasteiger partial charge in [-0.3, -0.25) is 0 Å². The van der Waals surface area contributed by atoms with Gasteiger partial charge in [0.2, 0.25) is 0 Å². The maximum atomic E-state index is 9.27. The Morgan fingerprint density at radius 2 is 2.05 bits per heavy atom. The van der Waals surface area contributed by atoms with Crippen LogP contribution in [0.15, 0.2) is 12.1 Å². The monoisotopic (exact) mass is 257 g/mol. The largest absolute Gasteiger partial charge is 0.356 e. The van der Waals surface area contributed by atoms with Gasteiger partial charge < -0.3 is 4.90 Å². The Morgan fingerprint density at radius 3 is 2.63 bits per heavy atom. The molecule has 0 amide bonds. The average molecular weight is 257 g/mol. The van der Waals surface area contributed by atoms with Gasteiger partial charge in [-0.25, -0.2) is 4.98 Å². The second-order valence-electron chi connectivity index (χ2n) is 5.33. The predicted molar refractivity (Wildman–Crippen MR) is 78.2 cm³/mol. The maximum Gasteiger partial charge on any atom is 0.146 e. The lowest BCUT2D eigenvalue weighted by Crippen LogP contribution is -2.30. The molecule has 1 saturated carbocycles. The summed E-state index contributed by atoms with van der Waals surface area (Å²) in [5.41, 5.74) is 1.77. The molecule has 1 fully saturated rings. The molecule has 0 bridgehead atoms. The summed E-state index contributed by atoms with van der Waals surface area (Å²) >= 11 is 0. The minimum absolute atomic E-state index is 0.706. The van der Waals surface area contributed by atoms with E-state index in [1.807, 2.05) is 12.1 Å². The van der Waals surface area contributed by atoms with E-state index in [9.17, 15) is 5.26 Å². The molecule has 2 rings (SSSR count). The lowest BCUT2D eigenvalue weighted by Gasteiger charge is -2.26. The summed E-state index contributed by atoms with van der Waals surface area (Å²) in [6.07, 6.45) is 6.28. The summed E-state index contributed by atoms with van der Waals surface area (Å²) < 4.78 is 0. The first-order valence-electron chi connectivity index (χ1n) is 7.43. The molecule has 0 saturated heterocycles. The van der Waals surface area contributed by atoms with Crippen molar-refractivity contribution >= 4 is 5.82 Å². The lowest BCUT2D eigenvalue weighted by molar-refractivity contribution is 0.533. The summed E-state index contributed by atoms with van der Waals surface area (Å²) in [5.74, 6) is 1.66. The van der Waals surface area contributed by atoms with Crippen molar-refractivity contribution in [3.05, 3.63) is 23.4 Å². The van der Waals surface area contributed by atoms with Crippen molar-refractivity contribution in [3.63, 3.8) is 0 Å². The molecule has 0 aliphatic heterocycles. The molecule has 1 aromatic rings. The van der Waals surface area contributed by atoms with Crippen molar-refractivity contribution in [2.24, 2.45) is 5.92 Å². The molecule has 0 radical (unpaired) electrons. The number of nitrogens with zero attached hydrogens (tertiary/aromatic N) is 3. The van der Waals surface area contributed by atoms with E-state index in [1.54, 1.807) is 0 Å². The van der Waals surface area contributed by atoms with Gasteiger partial charge in [0, 0.05) is 18.8 Å². The number of aromatic nitrogens is 1. The fraction of sp³-hybridized carbons (Fsp3) is 0.625. The van der Waals surface area contributed by atoms with Gasteiger partial charge in [-0.05, 0) is 44.2 Å². The van der Waals surface area contributed by atoms with Crippen LogP contribution in [0.3, 0.4) is 0 Å². The van der Waals surface area contributed by atoms with E-state index in [1.165, 1.54) is 25.7 Å². The first-order valence-corrected chi connectivity index (χ1v) is 7.43. The van der Waals surface area contributed by atoms with Crippen molar-refractivity contribution in [2.75, 3.05) is 18.0 Å². The van der Waals surface area contributed by atoms with E-state index in [0.29, 0.717) is 5.56 Å². The molecule has 0 spiro atoms. The predicted octanol–water partition coefficient (Wildman–Crippen LogP) is 3.53. The van der Waals surface area contributed by atoms with Crippen molar-refractivity contribution in [2.45, 2.75) is 46.0 Å². The Kier molecular flexibility index (Phi) is 4.79. The normalized spacial score (nSPS) is 15.4. The van der Waals surface area contributed by atoms with Crippen LogP contribution in [-0.4, -0.2) is 18.1 Å². The minimum atomic E-state index is 0.706. The van der Waals surface area contributed by atoms with Crippen LogP contribution in [0.2, 0.25) is 0 Å². The summed E-state index contributed by atoms with van der Waals surface area (Å²) in [6.45, 7) is 6.22. The van der Waals surface area contributed by atoms with Gasteiger partial charge in [0.1, 0.15) is 11.9 Å². The first kappa shape index (κ1) is 13.9. The van der Waals surface area contributed by atoms with Gasteiger partial charge in [-0.2, -0.15) is 5.26 Å². The van der Waals surface area contributed by atoms with Crippen LogP contribution in [0.4, 0.5) is 5.82 Å². The molecule has 1 aliphatic carbocycles. The number of aryl methyl sites for hydroxylation is 1. The average Bonchev–Trinajstić information content (AvgIpc) is 2.97. The standard InChI is InChI=1S/C16H23N3/c1-3-15-10-9-14(11-17)16(18-15)19(4-2)12-13-7-5-6-8-13/h9-10,13H,3-8,12H2,1-2H3. The van der Waals surface area contributed by atoms with Crippen LogP contribution in [0.25, 0.3) is 0 Å². The van der Waals surface area contributed by atoms with Crippen molar-refractivity contribution < 1.29 is 0 Å². The molecule has 102 valence electrons. The number of rotatable bonds is 5. The van der Waals surface area contributed by atoms with E-state index in [4.69, 9.17) is 0 Å². The van der Waals surface area contributed by atoms with Gasteiger partial charge in [0.05, 0.1) is 5.56 Å². The zero-order valence-corrected chi connectivity index (χ0v) is 12.0. The highest BCUT2D eigenvalue weighted by Gasteiger charge is 2.20. The zero-order valence-electron chi connectivity index (χ0n) is 12.0. The van der Waals surface area contributed by atoms with Crippen LogP contribution < -0.4 is 4.90 Å². The molecule has 0 N–H and O–H groups in total. The molecule has 19 heavy (non-hydrogen) atoms. The third-order valence-electron chi connectivity index (χ3n) is 4.05. The molecule has 0 atom stereocenters. The Bertz CT molecular complexity index is 456. The summed E-state index contributed by atoms with van der Waals surface area (Å²) in [4.78, 5) is 6.96. The summed E-state index contributed by atoms with van der Waals surface area (Å²) in [5, 5.41) is 9.27. The van der Waals surface area contributed by atoms with Gasteiger partial charge in [-0.15, -0.1) is 0 Å². The van der Waals surface area contributed by atoms with Crippen molar-refractivity contribution in [1.29, 1.82) is 5.26 Å². The van der Waals surface area contributed by atoms with Crippen LogP contribution in [0.5, 0.6) is 0 Å². The topological polar surface area (TPSA) is 39.9 Å². The highest BCUT2D eigenvalue weighted by atomic mass is 15.2. The van der Waals surface area contributed by atoms with Crippen LogP contribution in [0, 0.1) is 17.2 Å². The summed E-state index contributed by atoms with van der Waals surface area (Å²) in [6, 6.07) is 6.16. The molecule has 3 heteroatoms. The molecule has 0 unspecified atom stereocenters. The molecule has 1 aromatic heterocycles. The Morgan fingerprint density at radius 1 is 1.32 bits per heavy atom. The quantitative estimate of drug-likeness (QED) is 0.810. The van der Waals surface area contributed by atoms with E-state index < -0.39 is 0 Å². The minimum Gasteiger partial charge on any atom is -0.356 e. The number of hydrogen-bond acceptors (Lipinski definition) is 3. The smallest absolute Gasteiger partial charge is 0.146 e. The van der Waals surface area contributed by atoms with E-state index in [2.05, 4.69) is 29.8 Å². The number of pyridine rings is 1. The zero-order chi connectivity index (χ0) is 13.7. The lowest BCUT2D eigenvalue weighted by atomic mass is 10.1. The van der Waals surface area contributed by atoms with Crippen LogP contribution >= 0.6 is 0 Å². The fourth-order valence-electron chi connectivity index (χ4n) is 2.88. The third kappa shape index (κ3) is 3.26. The van der Waals surface area contributed by atoms with E-state index in [-0.39, 0.29) is 0 Å². The Hall–Kier alpha value is -1.56. The summed E-state index contributed by atoms with van der Waals surface area (Å²) in [7, 11) is 0. The first-order chi connectivity index (χ1) is 9.28. The highest BCUT2D eigenvalue weighted by molar-refractivity contribution is 5.54. The van der Waals surface area contributed by atoms with E-state index >= 15 is 0 Å². The molecule has 0 aromatic carbocycles. The number of hydrogen-bond donors (Lipinski definition) is 0. The molecular weight excluding hydrogens is 234 g/mol. The molecule has 1 heterocycles. The third-order valence-corrected chi connectivity index (χ3v) is 4.05. The SMILES string of the molecule is CCc1ccc(C#N)c(N(CC)CC2CCCC2)n1. The fourth-order valence-corrected chi connectivity index (χ4v) is 2.88. The number of nitriles is 1. The molecule has 1 aliphatic rings. The second-order valence-corrected chi connectivity index (χ2v) is 5.33. The van der Waals surface area contributed by atoms with Gasteiger partial charge >= 0.3 is 0 Å². The van der Waals surface area contributed by atoms with Crippen LogP contribution in [0.1, 0.15) is 50.8 Å². The molecule has 3 nitrogen and oxygen atoms in total. The maximum absolute atomic E-state index is 9.27. The van der Waals surface area contributed by atoms with Gasteiger partial charge in [0.25, 0.3) is 0 Å². The van der Waals surface area contributed by atoms with E-state index in [0.717, 1.165) is 36.9 Å². The second kappa shape index (κ2) is 6.56. The Labute approximate surface area is 116 Å². The van der Waals surface area contributed by atoms with Crippen LogP contribution in [-0.2, 0) is 6.42 Å². The molecular formula is C16H23N3. The van der Waals surface area contributed by atoms with Gasteiger partial charge in [-0.1, -0.05) is 19.8 Å². The Balaban J connectivity index is 2.22. The van der Waals surface area contributed by atoms with Gasteiger partial charge in [0.15, 0.2) is 0 Å². The number of anilines is 1. The van der Waals surface area contributed by atoms with Crippen molar-refractivity contribution in [1.82, 2.24) is 4.98 Å². The highest BCUT2D eigenvalue weighted by Crippen LogP contribution is 2.28. The van der Waals surface area contributed by atoms with Crippen molar-refractivity contribution in [3.8, 4) is 6.07 Å².